The average Bonchev–Trinajstić information content (AvgIpc) is 2.86. The number of carboxylic acids is 1. The molecular formula is C13H24N2O3. The molecule has 0 aliphatic heterocycles. The van der Waals surface area contributed by atoms with Gasteiger partial charge in [0.25, 0.3) is 0 Å². The number of aliphatic carboxylic acids is 1. The third-order valence-electron chi connectivity index (χ3n) is 3.90. The standard InChI is InChI=1S/C13H24N2O3/c1-3-13(4-2,12(17)18)15-11(16)9-14-10-7-5-6-8-10/h10,14H,3-9H2,1-2H3,(H,15,16)(H,17,18). The molecule has 0 heterocycles. The number of carbonyl (C=O) groups is 2. The van der Waals surface area contributed by atoms with E-state index in [0.29, 0.717) is 18.9 Å². The summed E-state index contributed by atoms with van der Waals surface area (Å²) in [5, 5.41) is 15.1. The minimum Gasteiger partial charge on any atom is -0.480 e. The van der Waals surface area contributed by atoms with Gasteiger partial charge in [-0.1, -0.05) is 26.7 Å². The Balaban J connectivity index is 2.43. The Labute approximate surface area is 108 Å². The highest BCUT2D eigenvalue weighted by atomic mass is 16.4. The number of hydrogen-bond donors (Lipinski definition) is 3. The van der Waals surface area contributed by atoms with Crippen molar-refractivity contribution in [1.29, 1.82) is 0 Å². The number of amides is 1. The van der Waals surface area contributed by atoms with E-state index < -0.39 is 11.5 Å². The fraction of sp³-hybridized carbons (Fsp3) is 0.846. The van der Waals surface area contributed by atoms with E-state index in [1.165, 1.54) is 12.8 Å². The van der Waals surface area contributed by atoms with Crippen molar-refractivity contribution in [2.45, 2.75) is 64.0 Å². The van der Waals surface area contributed by atoms with Crippen LogP contribution in [0, 0.1) is 0 Å². The first-order valence-electron chi connectivity index (χ1n) is 6.82. The van der Waals surface area contributed by atoms with Crippen LogP contribution >= 0.6 is 0 Å². The van der Waals surface area contributed by atoms with Crippen molar-refractivity contribution >= 4 is 11.9 Å². The number of nitrogens with one attached hydrogen (secondary N) is 2. The molecule has 104 valence electrons. The number of carbonyl (C=O) groups excluding carboxylic acids is 1. The van der Waals surface area contributed by atoms with Crippen molar-refractivity contribution in [3.8, 4) is 0 Å². The lowest BCUT2D eigenvalue weighted by molar-refractivity contribution is -0.148. The van der Waals surface area contributed by atoms with E-state index in [2.05, 4.69) is 10.6 Å². The van der Waals surface area contributed by atoms with Crippen LogP contribution in [0.5, 0.6) is 0 Å². The van der Waals surface area contributed by atoms with E-state index in [4.69, 9.17) is 0 Å². The Morgan fingerprint density at radius 1 is 1.22 bits per heavy atom. The summed E-state index contributed by atoms with van der Waals surface area (Å²) in [6.07, 6.45) is 5.43. The molecule has 1 aliphatic carbocycles. The molecule has 1 rings (SSSR count). The zero-order valence-electron chi connectivity index (χ0n) is 11.3. The van der Waals surface area contributed by atoms with Crippen molar-refractivity contribution in [3.05, 3.63) is 0 Å². The Bertz CT molecular complexity index is 295. The largest absolute Gasteiger partial charge is 0.480 e. The number of hydrogen-bond acceptors (Lipinski definition) is 3. The van der Waals surface area contributed by atoms with Gasteiger partial charge < -0.3 is 15.7 Å². The summed E-state index contributed by atoms with van der Waals surface area (Å²) in [7, 11) is 0. The van der Waals surface area contributed by atoms with Gasteiger partial charge in [-0.2, -0.15) is 0 Å². The lowest BCUT2D eigenvalue weighted by atomic mass is 9.93. The molecule has 1 fully saturated rings. The zero-order valence-corrected chi connectivity index (χ0v) is 11.3. The molecule has 0 spiro atoms. The lowest BCUT2D eigenvalue weighted by Gasteiger charge is -2.28. The van der Waals surface area contributed by atoms with Gasteiger partial charge in [0.15, 0.2) is 0 Å². The summed E-state index contributed by atoms with van der Waals surface area (Å²) in [6, 6.07) is 0.415. The van der Waals surface area contributed by atoms with Gasteiger partial charge in [0, 0.05) is 6.04 Å². The molecule has 0 bridgehead atoms. The summed E-state index contributed by atoms with van der Waals surface area (Å²) < 4.78 is 0. The van der Waals surface area contributed by atoms with Crippen LogP contribution in [-0.4, -0.2) is 35.1 Å². The SMILES string of the molecule is CCC(CC)(NC(=O)CNC1CCCC1)C(=O)O. The zero-order chi connectivity index (χ0) is 13.6. The molecular weight excluding hydrogens is 232 g/mol. The van der Waals surface area contributed by atoms with E-state index in [-0.39, 0.29) is 12.5 Å². The summed E-state index contributed by atoms with van der Waals surface area (Å²) in [5.41, 5.74) is -1.12. The molecule has 0 aromatic rings. The van der Waals surface area contributed by atoms with Gasteiger partial charge in [-0.05, 0) is 25.7 Å². The first-order chi connectivity index (χ1) is 8.54. The minimum absolute atomic E-state index is 0.208. The Morgan fingerprint density at radius 2 is 1.78 bits per heavy atom. The maximum Gasteiger partial charge on any atom is 0.329 e. The van der Waals surface area contributed by atoms with Crippen molar-refractivity contribution < 1.29 is 14.7 Å². The fourth-order valence-corrected chi connectivity index (χ4v) is 2.46. The van der Waals surface area contributed by atoms with Gasteiger partial charge in [-0.15, -0.1) is 0 Å². The van der Waals surface area contributed by atoms with Crippen LogP contribution < -0.4 is 10.6 Å². The van der Waals surface area contributed by atoms with Crippen molar-refractivity contribution in [1.82, 2.24) is 10.6 Å². The van der Waals surface area contributed by atoms with Crippen LogP contribution in [0.15, 0.2) is 0 Å². The van der Waals surface area contributed by atoms with Crippen LogP contribution in [0.4, 0.5) is 0 Å². The summed E-state index contributed by atoms with van der Waals surface area (Å²) in [6.45, 7) is 3.77. The van der Waals surface area contributed by atoms with E-state index in [1.807, 2.05) is 0 Å². The minimum atomic E-state index is -1.12. The summed E-state index contributed by atoms with van der Waals surface area (Å²) in [4.78, 5) is 23.0. The van der Waals surface area contributed by atoms with Gasteiger partial charge >= 0.3 is 5.97 Å². The van der Waals surface area contributed by atoms with Gasteiger partial charge in [0.1, 0.15) is 5.54 Å². The fourth-order valence-electron chi connectivity index (χ4n) is 2.46. The Morgan fingerprint density at radius 3 is 2.22 bits per heavy atom. The third-order valence-corrected chi connectivity index (χ3v) is 3.90. The topological polar surface area (TPSA) is 78.4 Å². The van der Waals surface area contributed by atoms with Crippen LogP contribution in [0.3, 0.4) is 0 Å². The smallest absolute Gasteiger partial charge is 0.329 e. The highest BCUT2D eigenvalue weighted by Crippen LogP contribution is 2.18. The molecule has 3 N–H and O–H groups in total. The van der Waals surface area contributed by atoms with Crippen LogP contribution in [-0.2, 0) is 9.59 Å². The molecule has 5 heteroatoms. The van der Waals surface area contributed by atoms with Crippen LogP contribution in [0.1, 0.15) is 52.4 Å². The van der Waals surface area contributed by atoms with Gasteiger partial charge in [0.05, 0.1) is 6.54 Å². The first-order valence-corrected chi connectivity index (χ1v) is 6.82. The van der Waals surface area contributed by atoms with Crippen LogP contribution in [0.2, 0.25) is 0 Å². The van der Waals surface area contributed by atoms with Crippen molar-refractivity contribution in [2.24, 2.45) is 0 Å². The molecule has 5 nitrogen and oxygen atoms in total. The lowest BCUT2D eigenvalue weighted by Crippen LogP contribution is -2.56. The second-order valence-electron chi connectivity index (χ2n) is 5.00. The van der Waals surface area contributed by atoms with Crippen molar-refractivity contribution in [2.75, 3.05) is 6.54 Å². The molecule has 1 aliphatic rings. The normalized spacial score (nSPS) is 16.8. The van der Waals surface area contributed by atoms with E-state index in [9.17, 15) is 14.7 Å². The highest BCUT2D eigenvalue weighted by molar-refractivity contribution is 5.87. The van der Waals surface area contributed by atoms with Crippen LogP contribution in [0.25, 0.3) is 0 Å². The molecule has 0 aromatic carbocycles. The maximum atomic E-state index is 11.8. The van der Waals surface area contributed by atoms with E-state index >= 15 is 0 Å². The second-order valence-corrected chi connectivity index (χ2v) is 5.00. The van der Waals surface area contributed by atoms with E-state index in [1.54, 1.807) is 13.8 Å². The second kappa shape index (κ2) is 6.73. The van der Waals surface area contributed by atoms with Crippen molar-refractivity contribution in [3.63, 3.8) is 0 Å². The monoisotopic (exact) mass is 256 g/mol. The highest BCUT2D eigenvalue weighted by Gasteiger charge is 2.36. The molecule has 18 heavy (non-hydrogen) atoms. The molecule has 0 unspecified atom stereocenters. The molecule has 0 radical (unpaired) electrons. The quantitative estimate of drug-likeness (QED) is 0.641. The Kier molecular flexibility index (Phi) is 5.59. The molecule has 0 atom stereocenters. The summed E-state index contributed by atoms with van der Waals surface area (Å²) in [5.74, 6) is -1.19. The van der Waals surface area contributed by atoms with Gasteiger partial charge in [0.2, 0.25) is 5.91 Å². The predicted octanol–water partition coefficient (Wildman–Crippen LogP) is 1.28. The molecule has 1 saturated carbocycles. The maximum absolute atomic E-state index is 11.8. The number of rotatable bonds is 7. The Hall–Kier alpha value is -1.10. The first kappa shape index (κ1) is 15.0. The predicted molar refractivity (Wildman–Crippen MR) is 69.4 cm³/mol. The van der Waals surface area contributed by atoms with Gasteiger partial charge in [-0.3, -0.25) is 4.79 Å². The molecule has 0 saturated heterocycles. The van der Waals surface area contributed by atoms with Gasteiger partial charge in [-0.25, -0.2) is 4.79 Å². The summed E-state index contributed by atoms with van der Waals surface area (Å²) >= 11 is 0. The average molecular weight is 256 g/mol. The molecule has 0 aromatic heterocycles. The van der Waals surface area contributed by atoms with E-state index in [0.717, 1.165) is 12.8 Å². The molecule has 1 amide bonds. The number of carboxylic acid groups (broad SMARTS) is 1. The third kappa shape index (κ3) is 3.70.